The van der Waals surface area contributed by atoms with E-state index in [1.807, 2.05) is 13.8 Å². The molecule has 0 bridgehead atoms. The highest BCUT2D eigenvalue weighted by Crippen LogP contribution is 2.16. The largest absolute Gasteiger partial charge is 0.372 e. The van der Waals surface area contributed by atoms with Crippen LogP contribution in [0.4, 0.5) is 0 Å². The summed E-state index contributed by atoms with van der Waals surface area (Å²) >= 11 is 0. The van der Waals surface area contributed by atoms with E-state index >= 15 is 0 Å². The van der Waals surface area contributed by atoms with Gasteiger partial charge in [-0.2, -0.15) is 0 Å². The van der Waals surface area contributed by atoms with Crippen molar-refractivity contribution in [3.63, 3.8) is 0 Å². The van der Waals surface area contributed by atoms with Gasteiger partial charge in [0, 0.05) is 19.6 Å². The van der Waals surface area contributed by atoms with Gasteiger partial charge in [-0.05, 0) is 13.8 Å². The summed E-state index contributed by atoms with van der Waals surface area (Å²) in [6, 6.07) is 0. The van der Waals surface area contributed by atoms with E-state index in [1.54, 1.807) is 11.1 Å². The first-order valence-corrected chi connectivity index (χ1v) is 6.01. The zero-order chi connectivity index (χ0) is 13.2. The third-order valence-corrected chi connectivity index (χ3v) is 2.87. The number of nitrogens with two attached hydrogens (primary N) is 1. The molecule has 1 aromatic rings. The predicted octanol–water partition coefficient (Wildman–Crippen LogP) is -0.626. The number of aromatic nitrogens is 3. The summed E-state index contributed by atoms with van der Waals surface area (Å²) in [6.45, 7) is 6.29. The number of amides is 1. The molecule has 1 saturated heterocycles. The van der Waals surface area contributed by atoms with Crippen molar-refractivity contribution in [2.45, 2.75) is 32.5 Å². The number of carbonyl (C=O) groups is 1. The third kappa shape index (κ3) is 3.05. The average molecular weight is 253 g/mol. The molecule has 18 heavy (non-hydrogen) atoms. The van der Waals surface area contributed by atoms with Crippen LogP contribution < -0.4 is 5.73 Å². The summed E-state index contributed by atoms with van der Waals surface area (Å²) in [7, 11) is 0. The monoisotopic (exact) mass is 253 g/mol. The highest BCUT2D eigenvalue weighted by molar-refractivity contribution is 5.76. The first-order chi connectivity index (χ1) is 8.50. The van der Waals surface area contributed by atoms with Crippen LogP contribution in [0, 0.1) is 0 Å². The number of morpholine rings is 1. The van der Waals surface area contributed by atoms with Gasteiger partial charge in [0.05, 0.1) is 24.1 Å². The van der Waals surface area contributed by atoms with Crippen molar-refractivity contribution < 1.29 is 9.53 Å². The Kier molecular flexibility index (Phi) is 3.63. The highest BCUT2D eigenvalue weighted by Gasteiger charge is 2.29. The average Bonchev–Trinajstić information content (AvgIpc) is 2.75. The molecule has 1 fully saturated rings. The fraction of sp³-hybridized carbons (Fsp3) is 0.727. The molecule has 2 N–H and O–H groups in total. The van der Waals surface area contributed by atoms with Crippen LogP contribution in [0.15, 0.2) is 6.20 Å². The molecule has 0 aromatic carbocycles. The molecule has 1 aliphatic rings. The number of carbonyl (C=O) groups excluding carboxylic acids is 1. The SMILES string of the molecule is CC1(C)CN(C(=O)Cn2cc(CN)nn2)CCO1. The van der Waals surface area contributed by atoms with Crippen molar-refractivity contribution in [1.29, 1.82) is 0 Å². The topological polar surface area (TPSA) is 86.3 Å². The lowest BCUT2D eigenvalue weighted by Gasteiger charge is -2.38. The molecule has 1 aromatic heterocycles. The van der Waals surface area contributed by atoms with Crippen molar-refractivity contribution >= 4 is 5.91 Å². The number of hydrogen-bond acceptors (Lipinski definition) is 5. The molecule has 0 atom stereocenters. The van der Waals surface area contributed by atoms with Gasteiger partial charge >= 0.3 is 0 Å². The lowest BCUT2D eigenvalue weighted by atomic mass is 10.1. The summed E-state index contributed by atoms with van der Waals surface area (Å²) in [4.78, 5) is 13.9. The summed E-state index contributed by atoms with van der Waals surface area (Å²) in [6.07, 6.45) is 1.70. The van der Waals surface area contributed by atoms with Crippen molar-refractivity contribution in [3.8, 4) is 0 Å². The quantitative estimate of drug-likeness (QED) is 0.775. The molecular formula is C11H19N5O2. The van der Waals surface area contributed by atoms with Gasteiger partial charge in [0.2, 0.25) is 5.91 Å². The second-order valence-electron chi connectivity index (χ2n) is 5.04. The Labute approximate surface area is 106 Å². The number of ether oxygens (including phenoxy) is 1. The van der Waals surface area contributed by atoms with Crippen LogP contribution >= 0.6 is 0 Å². The standard InChI is InChI=1S/C11H19N5O2/c1-11(2)8-15(3-4-18-11)10(17)7-16-6-9(5-12)13-14-16/h6H,3-5,7-8,12H2,1-2H3. The van der Waals surface area contributed by atoms with Crippen molar-refractivity contribution in [2.24, 2.45) is 5.73 Å². The lowest BCUT2D eigenvalue weighted by molar-refractivity contribution is -0.146. The molecule has 0 radical (unpaired) electrons. The molecular weight excluding hydrogens is 234 g/mol. The van der Waals surface area contributed by atoms with Crippen LogP contribution in [-0.2, 0) is 22.6 Å². The summed E-state index contributed by atoms with van der Waals surface area (Å²) < 4.78 is 7.09. The van der Waals surface area contributed by atoms with Crippen LogP contribution in [0.1, 0.15) is 19.5 Å². The summed E-state index contributed by atoms with van der Waals surface area (Å²) in [5.74, 6) is 0.0276. The summed E-state index contributed by atoms with van der Waals surface area (Å²) in [5.41, 5.74) is 5.85. The Hall–Kier alpha value is -1.47. The van der Waals surface area contributed by atoms with Crippen molar-refractivity contribution in [2.75, 3.05) is 19.7 Å². The molecule has 0 unspecified atom stereocenters. The normalized spacial score (nSPS) is 18.9. The second kappa shape index (κ2) is 5.03. The maximum Gasteiger partial charge on any atom is 0.244 e. The third-order valence-electron chi connectivity index (χ3n) is 2.87. The first-order valence-electron chi connectivity index (χ1n) is 6.01. The first kappa shape index (κ1) is 13.0. The van der Waals surface area contributed by atoms with Gasteiger partial charge in [-0.3, -0.25) is 4.79 Å². The van der Waals surface area contributed by atoms with E-state index < -0.39 is 0 Å². The van der Waals surface area contributed by atoms with E-state index in [-0.39, 0.29) is 18.1 Å². The predicted molar refractivity (Wildman–Crippen MR) is 64.5 cm³/mol. The van der Waals surface area contributed by atoms with E-state index in [1.165, 1.54) is 4.68 Å². The van der Waals surface area contributed by atoms with Gasteiger partial charge in [-0.15, -0.1) is 5.10 Å². The van der Waals surface area contributed by atoms with Crippen molar-refractivity contribution in [1.82, 2.24) is 19.9 Å². The molecule has 7 nitrogen and oxygen atoms in total. The Morgan fingerprint density at radius 2 is 2.39 bits per heavy atom. The molecule has 100 valence electrons. The van der Waals surface area contributed by atoms with Gasteiger partial charge in [-0.25, -0.2) is 4.68 Å². The van der Waals surface area contributed by atoms with E-state index in [0.29, 0.717) is 31.9 Å². The van der Waals surface area contributed by atoms with E-state index in [2.05, 4.69) is 10.3 Å². The maximum absolute atomic E-state index is 12.1. The molecule has 1 amide bonds. The van der Waals surface area contributed by atoms with Gasteiger partial charge < -0.3 is 15.4 Å². The fourth-order valence-electron chi connectivity index (χ4n) is 1.98. The van der Waals surface area contributed by atoms with Crippen LogP contribution in [-0.4, -0.2) is 51.1 Å². The van der Waals surface area contributed by atoms with Crippen LogP contribution in [0.2, 0.25) is 0 Å². The van der Waals surface area contributed by atoms with Gasteiger partial charge in [0.25, 0.3) is 0 Å². The molecule has 1 aliphatic heterocycles. The van der Waals surface area contributed by atoms with Crippen molar-refractivity contribution in [3.05, 3.63) is 11.9 Å². The zero-order valence-corrected chi connectivity index (χ0v) is 10.8. The molecule has 2 heterocycles. The van der Waals surface area contributed by atoms with E-state index in [0.717, 1.165) is 0 Å². The van der Waals surface area contributed by atoms with Crippen LogP contribution in [0.5, 0.6) is 0 Å². The maximum atomic E-state index is 12.1. The Bertz CT molecular complexity index is 429. The minimum absolute atomic E-state index is 0.0276. The Morgan fingerprint density at radius 1 is 1.61 bits per heavy atom. The molecule has 0 saturated carbocycles. The number of hydrogen-bond donors (Lipinski definition) is 1. The number of rotatable bonds is 3. The van der Waals surface area contributed by atoms with E-state index in [4.69, 9.17) is 10.5 Å². The highest BCUT2D eigenvalue weighted by atomic mass is 16.5. The van der Waals surface area contributed by atoms with Crippen LogP contribution in [0.25, 0.3) is 0 Å². The Morgan fingerprint density at radius 3 is 3.00 bits per heavy atom. The Balaban J connectivity index is 1.95. The van der Waals surface area contributed by atoms with Crippen LogP contribution in [0.3, 0.4) is 0 Å². The smallest absolute Gasteiger partial charge is 0.244 e. The number of nitrogens with zero attached hydrogens (tertiary/aromatic N) is 4. The van der Waals surface area contributed by atoms with Gasteiger partial charge in [-0.1, -0.05) is 5.21 Å². The molecule has 7 heteroatoms. The zero-order valence-electron chi connectivity index (χ0n) is 10.8. The van der Waals surface area contributed by atoms with E-state index in [9.17, 15) is 4.79 Å². The molecule has 0 aliphatic carbocycles. The van der Waals surface area contributed by atoms with Gasteiger partial charge in [0.15, 0.2) is 0 Å². The molecule has 0 spiro atoms. The fourth-order valence-corrected chi connectivity index (χ4v) is 1.98. The summed E-state index contributed by atoms with van der Waals surface area (Å²) in [5, 5.41) is 7.72. The molecule has 2 rings (SSSR count). The minimum atomic E-state index is -0.279. The minimum Gasteiger partial charge on any atom is -0.372 e. The second-order valence-corrected chi connectivity index (χ2v) is 5.04. The lowest BCUT2D eigenvalue weighted by Crippen LogP contribution is -2.51. The van der Waals surface area contributed by atoms with Gasteiger partial charge in [0.1, 0.15) is 6.54 Å².